The van der Waals surface area contributed by atoms with Crippen molar-refractivity contribution in [3.63, 3.8) is 0 Å². The first-order valence-electron chi connectivity index (χ1n) is 10.7. The first-order chi connectivity index (χ1) is 14.3. The van der Waals surface area contributed by atoms with Crippen LogP contribution in [-0.2, 0) is 20.9 Å². The van der Waals surface area contributed by atoms with Gasteiger partial charge in [-0.15, -0.1) is 0 Å². The van der Waals surface area contributed by atoms with Gasteiger partial charge in [0.25, 0.3) is 0 Å². The Kier molecular flexibility index (Phi) is 6.99. The number of carbonyl (C=O) groups excluding carboxylic acids is 2. The molecule has 0 aromatic heterocycles. The molecule has 0 aliphatic carbocycles. The molecule has 162 valence electrons. The van der Waals surface area contributed by atoms with Crippen LogP contribution in [-0.4, -0.2) is 59.2 Å². The molecule has 0 saturated carbocycles. The highest BCUT2D eigenvalue weighted by Gasteiger charge is 2.41. The van der Waals surface area contributed by atoms with Crippen molar-refractivity contribution in [3.8, 4) is 6.07 Å². The van der Waals surface area contributed by atoms with Gasteiger partial charge in [-0.05, 0) is 64.2 Å². The lowest BCUT2D eigenvalue weighted by Gasteiger charge is -2.32. The van der Waals surface area contributed by atoms with E-state index in [0.717, 1.165) is 24.8 Å². The smallest absolute Gasteiger partial charge is 0.410 e. The summed E-state index contributed by atoms with van der Waals surface area (Å²) in [5.41, 5.74) is 1.04. The van der Waals surface area contributed by atoms with Gasteiger partial charge in [-0.2, -0.15) is 5.26 Å². The first-order valence-corrected chi connectivity index (χ1v) is 10.7. The van der Waals surface area contributed by atoms with E-state index in [1.54, 1.807) is 17.0 Å². The normalized spacial score (nSPS) is 21.5. The molecule has 30 heavy (non-hydrogen) atoms. The fourth-order valence-electron chi connectivity index (χ4n) is 4.04. The lowest BCUT2D eigenvalue weighted by atomic mass is 10.1. The van der Waals surface area contributed by atoms with Crippen LogP contribution in [0.4, 0.5) is 4.79 Å². The van der Waals surface area contributed by atoms with Gasteiger partial charge < -0.3 is 14.4 Å². The van der Waals surface area contributed by atoms with Gasteiger partial charge in [-0.25, -0.2) is 4.79 Å². The molecule has 0 N–H and O–H groups in total. The largest absolute Gasteiger partial charge is 0.444 e. The summed E-state index contributed by atoms with van der Waals surface area (Å²) in [6.07, 6.45) is 2.91. The van der Waals surface area contributed by atoms with Gasteiger partial charge in [-0.1, -0.05) is 12.1 Å². The van der Waals surface area contributed by atoms with Crippen LogP contribution >= 0.6 is 0 Å². The quantitative estimate of drug-likeness (QED) is 0.738. The van der Waals surface area contributed by atoms with Crippen LogP contribution in [0.5, 0.6) is 0 Å². The maximum absolute atomic E-state index is 13.2. The summed E-state index contributed by atoms with van der Waals surface area (Å²) in [4.78, 5) is 29.2. The van der Waals surface area contributed by atoms with E-state index in [4.69, 9.17) is 14.7 Å². The highest BCUT2D eigenvalue weighted by molar-refractivity contribution is 5.86. The Hall–Kier alpha value is -2.59. The van der Waals surface area contributed by atoms with Crippen molar-refractivity contribution in [3.05, 3.63) is 35.4 Å². The van der Waals surface area contributed by atoms with Gasteiger partial charge in [0.05, 0.1) is 30.9 Å². The summed E-state index contributed by atoms with van der Waals surface area (Å²) in [6.45, 7) is 7.66. The molecule has 2 fully saturated rings. The van der Waals surface area contributed by atoms with Crippen molar-refractivity contribution >= 4 is 12.0 Å². The third-order valence-electron chi connectivity index (χ3n) is 5.49. The molecule has 2 saturated heterocycles. The van der Waals surface area contributed by atoms with E-state index in [1.165, 1.54) is 0 Å². The Morgan fingerprint density at radius 3 is 2.43 bits per heavy atom. The number of benzene rings is 1. The monoisotopic (exact) mass is 413 g/mol. The Morgan fingerprint density at radius 1 is 1.10 bits per heavy atom. The lowest BCUT2D eigenvalue weighted by Crippen LogP contribution is -2.51. The Balaban J connectivity index is 1.55. The molecule has 0 bridgehead atoms. The highest BCUT2D eigenvalue weighted by Crippen LogP contribution is 2.26. The maximum atomic E-state index is 13.2. The number of amides is 2. The fourth-order valence-corrected chi connectivity index (χ4v) is 4.04. The maximum Gasteiger partial charge on any atom is 0.410 e. The topological polar surface area (TPSA) is 82.9 Å². The summed E-state index contributed by atoms with van der Waals surface area (Å²) < 4.78 is 11.4. The van der Waals surface area contributed by atoms with Gasteiger partial charge in [0.2, 0.25) is 5.91 Å². The van der Waals surface area contributed by atoms with Crippen LogP contribution in [0.25, 0.3) is 0 Å². The zero-order valence-electron chi connectivity index (χ0n) is 18.1. The molecule has 3 rings (SSSR count). The molecule has 0 unspecified atom stereocenters. The van der Waals surface area contributed by atoms with E-state index < -0.39 is 17.7 Å². The number of nitrogens with zero attached hydrogens (tertiary/aromatic N) is 3. The first kappa shape index (κ1) is 22.1. The van der Waals surface area contributed by atoms with Gasteiger partial charge in [0.1, 0.15) is 11.6 Å². The molecule has 0 spiro atoms. The second-order valence-electron chi connectivity index (χ2n) is 8.98. The molecule has 0 radical (unpaired) electrons. The van der Waals surface area contributed by atoms with Crippen LogP contribution in [0, 0.1) is 11.3 Å². The second-order valence-corrected chi connectivity index (χ2v) is 8.98. The van der Waals surface area contributed by atoms with Crippen molar-refractivity contribution in [1.29, 1.82) is 5.26 Å². The van der Waals surface area contributed by atoms with Crippen molar-refractivity contribution in [1.82, 2.24) is 9.80 Å². The third-order valence-corrected chi connectivity index (χ3v) is 5.49. The van der Waals surface area contributed by atoms with E-state index in [1.807, 2.05) is 37.8 Å². The van der Waals surface area contributed by atoms with Gasteiger partial charge in [0, 0.05) is 13.1 Å². The number of likely N-dealkylation sites (tertiary alicyclic amines) is 2. The minimum absolute atomic E-state index is 0.00262. The van der Waals surface area contributed by atoms with Gasteiger partial charge >= 0.3 is 6.09 Å². The second kappa shape index (κ2) is 9.48. The van der Waals surface area contributed by atoms with Crippen LogP contribution < -0.4 is 0 Å². The van der Waals surface area contributed by atoms with Crippen molar-refractivity contribution in [2.45, 2.75) is 70.7 Å². The van der Waals surface area contributed by atoms with Crippen molar-refractivity contribution in [2.75, 3.05) is 19.7 Å². The van der Waals surface area contributed by atoms with Crippen LogP contribution in [0.3, 0.4) is 0 Å². The number of carbonyl (C=O) groups is 2. The van der Waals surface area contributed by atoms with Crippen LogP contribution in [0.1, 0.15) is 57.6 Å². The van der Waals surface area contributed by atoms with Gasteiger partial charge in [-0.3, -0.25) is 9.69 Å². The molecule has 2 atom stereocenters. The Labute approximate surface area is 178 Å². The van der Waals surface area contributed by atoms with E-state index >= 15 is 0 Å². The van der Waals surface area contributed by atoms with Crippen molar-refractivity contribution < 1.29 is 19.1 Å². The van der Waals surface area contributed by atoms with E-state index in [2.05, 4.69) is 6.07 Å². The van der Waals surface area contributed by atoms with E-state index in [0.29, 0.717) is 38.3 Å². The molecule has 1 aromatic rings. The SMILES string of the molecule is CC(C)(C)OC(=O)N1CCC[C@@H]1C(=O)N1CCC[C@H]1COCc1ccc(C#N)cc1. The Bertz CT molecular complexity index is 794. The number of nitriles is 1. The number of hydrogen-bond acceptors (Lipinski definition) is 5. The lowest BCUT2D eigenvalue weighted by molar-refractivity contribution is -0.138. The molecule has 2 aliphatic rings. The average Bonchev–Trinajstić information content (AvgIpc) is 3.36. The molecule has 2 heterocycles. The van der Waals surface area contributed by atoms with Crippen LogP contribution in [0.2, 0.25) is 0 Å². The number of rotatable bonds is 5. The van der Waals surface area contributed by atoms with E-state index in [9.17, 15) is 9.59 Å². The van der Waals surface area contributed by atoms with E-state index in [-0.39, 0.29) is 11.9 Å². The molecule has 7 nitrogen and oxygen atoms in total. The summed E-state index contributed by atoms with van der Waals surface area (Å²) in [5, 5.41) is 8.88. The summed E-state index contributed by atoms with van der Waals surface area (Å²) in [6, 6.07) is 8.99. The van der Waals surface area contributed by atoms with Crippen molar-refractivity contribution in [2.24, 2.45) is 0 Å². The molecule has 2 aliphatic heterocycles. The summed E-state index contributed by atoms with van der Waals surface area (Å²) in [7, 11) is 0. The standard InChI is InChI=1S/C23H31N3O4/c1-23(2,3)30-22(28)26-13-5-7-20(26)21(27)25-12-4-6-19(25)16-29-15-18-10-8-17(14-24)9-11-18/h8-11,19-20H,4-7,12-13,15-16H2,1-3H3/t19-,20+/m0/s1. The molecule has 7 heteroatoms. The molecule has 2 amide bonds. The molecular formula is C23H31N3O4. The number of hydrogen-bond donors (Lipinski definition) is 0. The fraction of sp³-hybridized carbons (Fsp3) is 0.609. The zero-order valence-corrected chi connectivity index (χ0v) is 18.1. The zero-order chi connectivity index (χ0) is 21.7. The predicted molar refractivity (Wildman–Crippen MR) is 112 cm³/mol. The summed E-state index contributed by atoms with van der Waals surface area (Å²) in [5.74, 6) is 0.00262. The van der Waals surface area contributed by atoms with Crippen LogP contribution in [0.15, 0.2) is 24.3 Å². The Morgan fingerprint density at radius 2 is 1.77 bits per heavy atom. The molecule has 1 aromatic carbocycles. The minimum atomic E-state index is -0.581. The predicted octanol–water partition coefficient (Wildman–Crippen LogP) is 3.47. The van der Waals surface area contributed by atoms with Gasteiger partial charge in [0.15, 0.2) is 0 Å². The minimum Gasteiger partial charge on any atom is -0.444 e. The average molecular weight is 414 g/mol. The third kappa shape index (κ3) is 5.51. The number of ether oxygens (including phenoxy) is 2. The highest BCUT2D eigenvalue weighted by atomic mass is 16.6. The summed E-state index contributed by atoms with van der Waals surface area (Å²) >= 11 is 0. The molecular weight excluding hydrogens is 382 g/mol.